The van der Waals surface area contributed by atoms with E-state index in [2.05, 4.69) is 0 Å². The van der Waals surface area contributed by atoms with Crippen LogP contribution in [0.2, 0.25) is 0 Å². The standard InChI is InChI=1S/C9H16O4S/c1-6(7(10)11)4-14-5-9(2,3)8(12)13/h6H,4-5H2,1-3H3,(H,10,11)(H,12,13). The van der Waals surface area contributed by atoms with Crippen molar-refractivity contribution in [2.24, 2.45) is 11.3 Å². The van der Waals surface area contributed by atoms with E-state index in [0.717, 1.165) is 0 Å². The van der Waals surface area contributed by atoms with E-state index < -0.39 is 23.3 Å². The quantitative estimate of drug-likeness (QED) is 0.710. The van der Waals surface area contributed by atoms with Gasteiger partial charge >= 0.3 is 11.9 Å². The third-order valence-electron chi connectivity index (χ3n) is 1.83. The van der Waals surface area contributed by atoms with E-state index in [9.17, 15) is 9.59 Å². The molecule has 1 unspecified atom stereocenters. The van der Waals surface area contributed by atoms with Gasteiger partial charge in [0.2, 0.25) is 0 Å². The summed E-state index contributed by atoms with van der Waals surface area (Å²) in [7, 11) is 0. The molecule has 0 aromatic rings. The Labute approximate surface area is 87.7 Å². The zero-order valence-electron chi connectivity index (χ0n) is 8.61. The number of rotatable bonds is 6. The molecule has 0 bridgehead atoms. The Kier molecular flexibility index (Phi) is 4.97. The lowest BCUT2D eigenvalue weighted by atomic mass is 9.97. The highest BCUT2D eigenvalue weighted by atomic mass is 32.2. The maximum absolute atomic E-state index is 10.7. The number of aliphatic carboxylic acids is 2. The molecule has 0 radical (unpaired) electrons. The van der Waals surface area contributed by atoms with Crippen molar-refractivity contribution in [1.29, 1.82) is 0 Å². The molecule has 0 heterocycles. The predicted octanol–water partition coefficient (Wildman–Crippen LogP) is 1.55. The van der Waals surface area contributed by atoms with Crippen molar-refractivity contribution >= 4 is 23.7 Å². The molecule has 1 atom stereocenters. The van der Waals surface area contributed by atoms with Crippen LogP contribution in [0.25, 0.3) is 0 Å². The molecule has 2 N–H and O–H groups in total. The fourth-order valence-corrected chi connectivity index (χ4v) is 1.87. The van der Waals surface area contributed by atoms with Crippen LogP contribution in [-0.2, 0) is 9.59 Å². The van der Waals surface area contributed by atoms with Gasteiger partial charge in [0, 0.05) is 11.5 Å². The van der Waals surface area contributed by atoms with Gasteiger partial charge in [-0.15, -0.1) is 0 Å². The SMILES string of the molecule is CC(CSCC(C)(C)C(=O)O)C(=O)O. The molecule has 14 heavy (non-hydrogen) atoms. The second-order valence-electron chi connectivity index (χ2n) is 3.94. The zero-order valence-corrected chi connectivity index (χ0v) is 9.43. The molecule has 0 aliphatic heterocycles. The van der Waals surface area contributed by atoms with Crippen molar-refractivity contribution in [2.75, 3.05) is 11.5 Å². The van der Waals surface area contributed by atoms with Crippen LogP contribution in [-0.4, -0.2) is 33.7 Å². The molecule has 5 heteroatoms. The molecule has 0 aromatic heterocycles. The third-order valence-corrected chi connectivity index (χ3v) is 3.49. The first-order chi connectivity index (χ1) is 6.27. The number of hydrogen-bond donors (Lipinski definition) is 2. The zero-order chi connectivity index (χ0) is 11.4. The van der Waals surface area contributed by atoms with Gasteiger partial charge in [-0.25, -0.2) is 0 Å². The van der Waals surface area contributed by atoms with Crippen molar-refractivity contribution in [3.8, 4) is 0 Å². The van der Waals surface area contributed by atoms with Crippen molar-refractivity contribution in [3.05, 3.63) is 0 Å². The Morgan fingerprint density at radius 1 is 1.36 bits per heavy atom. The van der Waals surface area contributed by atoms with Gasteiger partial charge in [-0.05, 0) is 13.8 Å². The summed E-state index contributed by atoms with van der Waals surface area (Å²) in [6.45, 7) is 4.88. The molecule has 0 saturated carbocycles. The van der Waals surface area contributed by atoms with E-state index >= 15 is 0 Å². The van der Waals surface area contributed by atoms with Gasteiger partial charge in [0.05, 0.1) is 11.3 Å². The fourth-order valence-electron chi connectivity index (χ4n) is 0.624. The second-order valence-corrected chi connectivity index (χ2v) is 4.97. The van der Waals surface area contributed by atoms with Crippen LogP contribution in [0.15, 0.2) is 0 Å². The van der Waals surface area contributed by atoms with Crippen LogP contribution in [0, 0.1) is 11.3 Å². The van der Waals surface area contributed by atoms with Crippen LogP contribution >= 0.6 is 11.8 Å². The molecular weight excluding hydrogens is 204 g/mol. The Hall–Kier alpha value is -0.710. The van der Waals surface area contributed by atoms with Crippen molar-refractivity contribution in [1.82, 2.24) is 0 Å². The Bertz CT molecular complexity index is 225. The highest BCUT2D eigenvalue weighted by molar-refractivity contribution is 7.99. The monoisotopic (exact) mass is 220 g/mol. The largest absolute Gasteiger partial charge is 0.481 e. The van der Waals surface area contributed by atoms with E-state index in [0.29, 0.717) is 11.5 Å². The molecule has 0 fully saturated rings. The second kappa shape index (κ2) is 5.24. The maximum Gasteiger partial charge on any atom is 0.309 e. The topological polar surface area (TPSA) is 74.6 Å². The average Bonchev–Trinajstić information content (AvgIpc) is 2.03. The third kappa shape index (κ3) is 4.50. The summed E-state index contributed by atoms with van der Waals surface area (Å²) in [6, 6.07) is 0. The van der Waals surface area contributed by atoms with E-state index in [-0.39, 0.29) is 0 Å². The number of carboxylic acids is 2. The number of carboxylic acid groups (broad SMARTS) is 2. The first-order valence-corrected chi connectivity index (χ1v) is 5.47. The lowest BCUT2D eigenvalue weighted by Crippen LogP contribution is -2.27. The van der Waals surface area contributed by atoms with Gasteiger partial charge in [0.15, 0.2) is 0 Å². The Morgan fingerprint density at radius 2 is 1.86 bits per heavy atom. The lowest BCUT2D eigenvalue weighted by Gasteiger charge is -2.18. The summed E-state index contributed by atoms with van der Waals surface area (Å²) in [5.41, 5.74) is -0.789. The lowest BCUT2D eigenvalue weighted by molar-refractivity contribution is -0.145. The van der Waals surface area contributed by atoms with Gasteiger partial charge < -0.3 is 10.2 Å². The van der Waals surface area contributed by atoms with Gasteiger partial charge in [-0.1, -0.05) is 6.92 Å². The highest BCUT2D eigenvalue weighted by Gasteiger charge is 2.27. The Balaban J connectivity index is 3.85. The molecule has 0 saturated heterocycles. The minimum absolute atomic E-state index is 0.426. The molecule has 0 aliphatic rings. The fraction of sp³-hybridized carbons (Fsp3) is 0.778. The van der Waals surface area contributed by atoms with E-state index in [1.54, 1.807) is 20.8 Å². The number of carbonyl (C=O) groups is 2. The summed E-state index contributed by atoms with van der Waals surface area (Å²) >= 11 is 1.36. The van der Waals surface area contributed by atoms with Gasteiger partial charge in [0.25, 0.3) is 0 Å². The van der Waals surface area contributed by atoms with Gasteiger partial charge in [-0.2, -0.15) is 11.8 Å². The highest BCUT2D eigenvalue weighted by Crippen LogP contribution is 2.23. The van der Waals surface area contributed by atoms with E-state index in [4.69, 9.17) is 10.2 Å². The normalized spacial score (nSPS) is 13.6. The van der Waals surface area contributed by atoms with Crippen LogP contribution in [0.3, 0.4) is 0 Å². The molecule has 0 aliphatic carbocycles. The van der Waals surface area contributed by atoms with Crippen LogP contribution in [0.1, 0.15) is 20.8 Å². The van der Waals surface area contributed by atoms with Crippen molar-refractivity contribution in [2.45, 2.75) is 20.8 Å². The molecule has 82 valence electrons. The summed E-state index contributed by atoms with van der Waals surface area (Å²) in [5, 5.41) is 17.4. The first kappa shape index (κ1) is 13.3. The molecule has 0 spiro atoms. The van der Waals surface area contributed by atoms with Crippen LogP contribution < -0.4 is 0 Å². The van der Waals surface area contributed by atoms with E-state index in [1.807, 2.05) is 0 Å². The summed E-state index contributed by atoms with van der Waals surface area (Å²) < 4.78 is 0. The number of thioether (sulfide) groups is 1. The molecule has 0 amide bonds. The maximum atomic E-state index is 10.7. The molecular formula is C9H16O4S. The predicted molar refractivity (Wildman–Crippen MR) is 55.5 cm³/mol. The Morgan fingerprint density at radius 3 is 2.21 bits per heavy atom. The van der Waals surface area contributed by atoms with Gasteiger partial charge in [-0.3, -0.25) is 9.59 Å². The minimum Gasteiger partial charge on any atom is -0.481 e. The van der Waals surface area contributed by atoms with E-state index in [1.165, 1.54) is 11.8 Å². The minimum atomic E-state index is -0.854. The molecule has 0 aromatic carbocycles. The summed E-state index contributed by atoms with van der Waals surface area (Å²) in [6.07, 6.45) is 0. The summed E-state index contributed by atoms with van der Waals surface area (Å²) in [5.74, 6) is -1.24. The smallest absolute Gasteiger partial charge is 0.309 e. The number of hydrogen-bond acceptors (Lipinski definition) is 3. The van der Waals surface area contributed by atoms with Crippen molar-refractivity contribution < 1.29 is 19.8 Å². The first-order valence-electron chi connectivity index (χ1n) is 4.31. The molecule has 0 rings (SSSR count). The van der Waals surface area contributed by atoms with Crippen molar-refractivity contribution in [3.63, 3.8) is 0 Å². The van der Waals surface area contributed by atoms with Crippen LogP contribution in [0.4, 0.5) is 0 Å². The average molecular weight is 220 g/mol. The summed E-state index contributed by atoms with van der Waals surface area (Å²) in [4.78, 5) is 21.2. The van der Waals surface area contributed by atoms with Gasteiger partial charge in [0.1, 0.15) is 0 Å². The van der Waals surface area contributed by atoms with Crippen LogP contribution in [0.5, 0.6) is 0 Å². The molecule has 4 nitrogen and oxygen atoms in total.